The van der Waals surface area contributed by atoms with E-state index in [4.69, 9.17) is 0 Å². The summed E-state index contributed by atoms with van der Waals surface area (Å²) < 4.78 is 2.00. The van der Waals surface area contributed by atoms with Crippen molar-refractivity contribution >= 4 is 0 Å². The first kappa shape index (κ1) is 16.2. The Kier molecular flexibility index (Phi) is 6.01. The largest absolute Gasteiger partial charge is 0.388 e. The van der Waals surface area contributed by atoms with Gasteiger partial charge in [0.15, 0.2) is 0 Å². The molecule has 0 spiro atoms. The zero-order valence-electron chi connectivity index (χ0n) is 13.0. The summed E-state index contributed by atoms with van der Waals surface area (Å²) in [5, 5.41) is 18.3. The topological polar surface area (TPSA) is 50.1 Å². The van der Waals surface area contributed by atoms with E-state index < -0.39 is 5.60 Å². The molecule has 0 aliphatic carbocycles. The van der Waals surface area contributed by atoms with Crippen LogP contribution in [0.4, 0.5) is 0 Å². The molecule has 0 saturated heterocycles. The van der Waals surface area contributed by atoms with Crippen molar-refractivity contribution in [3.63, 3.8) is 0 Å². The number of nitrogens with zero attached hydrogens (tertiary/aromatic N) is 2. The molecule has 1 unspecified atom stereocenters. The van der Waals surface area contributed by atoms with Crippen LogP contribution in [0, 0.1) is 5.92 Å². The van der Waals surface area contributed by atoms with E-state index in [-0.39, 0.29) is 0 Å². The lowest BCUT2D eigenvalue weighted by Crippen LogP contribution is -2.41. The molecule has 0 aliphatic heterocycles. The van der Waals surface area contributed by atoms with Crippen LogP contribution in [0.5, 0.6) is 0 Å². The molecule has 1 rings (SSSR count). The molecule has 0 aliphatic rings. The molecule has 1 aromatic heterocycles. The summed E-state index contributed by atoms with van der Waals surface area (Å²) in [4.78, 5) is 0. The molecule has 0 fully saturated rings. The summed E-state index contributed by atoms with van der Waals surface area (Å²) in [6, 6.07) is 2.11. The Labute approximate surface area is 117 Å². The predicted octanol–water partition coefficient (Wildman–Crippen LogP) is 2.00. The van der Waals surface area contributed by atoms with Gasteiger partial charge in [-0.15, -0.1) is 0 Å². The molecular formula is C15H29N3O. The predicted molar refractivity (Wildman–Crippen MR) is 79.3 cm³/mol. The number of hydrogen-bond acceptors (Lipinski definition) is 3. The number of nitrogens with one attached hydrogen (secondary N) is 1. The molecule has 4 nitrogen and oxygen atoms in total. The summed E-state index contributed by atoms with van der Waals surface area (Å²) in [5.41, 5.74) is 1.49. The quantitative estimate of drug-likeness (QED) is 0.757. The van der Waals surface area contributed by atoms with E-state index in [1.165, 1.54) is 0 Å². The molecule has 2 N–H and O–H groups in total. The number of aliphatic hydroxyl groups is 1. The van der Waals surface area contributed by atoms with Crippen molar-refractivity contribution in [3.8, 4) is 0 Å². The van der Waals surface area contributed by atoms with Crippen molar-refractivity contribution in [3.05, 3.63) is 17.5 Å². The van der Waals surface area contributed by atoms with Gasteiger partial charge in [0.25, 0.3) is 0 Å². The minimum atomic E-state index is -0.729. The third-order valence-corrected chi connectivity index (χ3v) is 3.20. The molecule has 4 heteroatoms. The highest BCUT2D eigenvalue weighted by atomic mass is 16.3. The second-order valence-electron chi connectivity index (χ2n) is 5.99. The molecular weight excluding hydrogens is 238 g/mol. The fraction of sp³-hybridized carbons (Fsp3) is 0.800. The second-order valence-corrected chi connectivity index (χ2v) is 5.99. The number of aryl methyl sites for hydroxylation is 2. The van der Waals surface area contributed by atoms with E-state index in [0.717, 1.165) is 30.9 Å². The third kappa shape index (κ3) is 5.33. The van der Waals surface area contributed by atoms with E-state index >= 15 is 0 Å². The van der Waals surface area contributed by atoms with Gasteiger partial charge in [0.2, 0.25) is 0 Å². The van der Waals surface area contributed by atoms with Crippen molar-refractivity contribution in [2.75, 3.05) is 13.1 Å². The van der Waals surface area contributed by atoms with E-state index in [2.05, 4.69) is 44.2 Å². The van der Waals surface area contributed by atoms with Crippen LogP contribution in [-0.4, -0.2) is 33.6 Å². The summed E-state index contributed by atoms with van der Waals surface area (Å²) in [7, 11) is 0. The van der Waals surface area contributed by atoms with Crippen LogP contribution in [0.15, 0.2) is 6.07 Å². The molecule has 0 bridgehead atoms. The zero-order valence-corrected chi connectivity index (χ0v) is 13.0. The van der Waals surface area contributed by atoms with E-state index in [9.17, 15) is 5.11 Å². The third-order valence-electron chi connectivity index (χ3n) is 3.20. The van der Waals surface area contributed by atoms with Crippen LogP contribution in [0.3, 0.4) is 0 Å². The fourth-order valence-corrected chi connectivity index (χ4v) is 2.19. The number of aromatic nitrogens is 2. The summed E-state index contributed by atoms with van der Waals surface area (Å²) >= 11 is 0. The number of hydrogen-bond donors (Lipinski definition) is 2. The second kappa shape index (κ2) is 7.06. The fourth-order valence-electron chi connectivity index (χ4n) is 2.19. The lowest BCUT2D eigenvalue weighted by atomic mass is 9.99. The van der Waals surface area contributed by atoms with E-state index in [0.29, 0.717) is 18.9 Å². The molecule has 0 saturated carbocycles. The summed E-state index contributed by atoms with van der Waals surface area (Å²) in [6.45, 7) is 12.8. The van der Waals surface area contributed by atoms with Gasteiger partial charge in [-0.2, -0.15) is 5.10 Å². The first-order valence-electron chi connectivity index (χ1n) is 7.36. The minimum Gasteiger partial charge on any atom is -0.388 e. The maximum absolute atomic E-state index is 10.5. The highest BCUT2D eigenvalue weighted by Gasteiger charge is 2.23. The smallest absolute Gasteiger partial charge is 0.0798 e. The van der Waals surface area contributed by atoms with Gasteiger partial charge >= 0.3 is 0 Å². The molecule has 0 aromatic carbocycles. The molecule has 1 atom stereocenters. The lowest BCUT2D eigenvalue weighted by Gasteiger charge is -2.24. The van der Waals surface area contributed by atoms with Crippen LogP contribution in [0.1, 0.15) is 46.0 Å². The molecule has 0 amide bonds. The van der Waals surface area contributed by atoms with Gasteiger partial charge in [-0.05, 0) is 38.8 Å². The highest BCUT2D eigenvalue weighted by Crippen LogP contribution is 2.14. The van der Waals surface area contributed by atoms with Gasteiger partial charge < -0.3 is 10.4 Å². The Hall–Kier alpha value is -0.870. The van der Waals surface area contributed by atoms with Crippen molar-refractivity contribution < 1.29 is 5.11 Å². The Morgan fingerprint density at radius 1 is 1.42 bits per heavy atom. The Morgan fingerprint density at radius 2 is 2.11 bits per heavy atom. The molecule has 110 valence electrons. The number of rotatable bonds is 8. The molecule has 19 heavy (non-hydrogen) atoms. The molecule has 1 heterocycles. The van der Waals surface area contributed by atoms with Gasteiger partial charge in [0.05, 0.1) is 11.3 Å². The minimum absolute atomic E-state index is 0.601. The van der Waals surface area contributed by atoms with Gasteiger partial charge in [0.1, 0.15) is 0 Å². The molecule has 1 aromatic rings. The van der Waals surface area contributed by atoms with E-state index in [1.54, 1.807) is 0 Å². The van der Waals surface area contributed by atoms with Gasteiger partial charge in [0, 0.05) is 25.2 Å². The highest BCUT2D eigenvalue weighted by molar-refractivity contribution is 5.13. The maximum Gasteiger partial charge on any atom is 0.0798 e. The van der Waals surface area contributed by atoms with Crippen molar-refractivity contribution in [1.82, 2.24) is 15.1 Å². The van der Waals surface area contributed by atoms with Gasteiger partial charge in [-0.3, -0.25) is 4.68 Å². The van der Waals surface area contributed by atoms with Crippen LogP contribution >= 0.6 is 0 Å². The Morgan fingerprint density at radius 3 is 2.63 bits per heavy atom. The molecule has 0 radical (unpaired) electrons. The first-order chi connectivity index (χ1) is 8.88. The lowest BCUT2D eigenvalue weighted by molar-refractivity contribution is 0.0575. The Bertz CT molecular complexity index is 383. The standard InChI is InChI=1S/C15H29N3O/c1-6-13-8-14(18(7-2)17-13)9-15(5,19)11-16-10-12(3)4/h8,12,16,19H,6-7,9-11H2,1-5H3. The normalized spacial score (nSPS) is 14.9. The Balaban J connectivity index is 2.63. The van der Waals surface area contributed by atoms with Crippen LogP contribution in [0.25, 0.3) is 0 Å². The van der Waals surface area contributed by atoms with Crippen molar-refractivity contribution in [1.29, 1.82) is 0 Å². The monoisotopic (exact) mass is 267 g/mol. The summed E-state index contributed by atoms with van der Waals surface area (Å²) in [6.07, 6.45) is 1.58. The summed E-state index contributed by atoms with van der Waals surface area (Å²) in [5.74, 6) is 0.601. The first-order valence-corrected chi connectivity index (χ1v) is 7.36. The van der Waals surface area contributed by atoms with Gasteiger partial charge in [-0.1, -0.05) is 20.8 Å². The van der Waals surface area contributed by atoms with Crippen LogP contribution in [0.2, 0.25) is 0 Å². The average Bonchev–Trinajstić information content (AvgIpc) is 2.69. The van der Waals surface area contributed by atoms with Crippen LogP contribution in [-0.2, 0) is 19.4 Å². The average molecular weight is 267 g/mol. The maximum atomic E-state index is 10.5. The van der Waals surface area contributed by atoms with Crippen molar-refractivity contribution in [2.24, 2.45) is 5.92 Å². The SMILES string of the molecule is CCc1cc(CC(C)(O)CNCC(C)C)n(CC)n1. The van der Waals surface area contributed by atoms with Crippen molar-refractivity contribution in [2.45, 2.75) is 59.6 Å². The van der Waals surface area contributed by atoms with Crippen LogP contribution < -0.4 is 5.32 Å². The zero-order chi connectivity index (χ0) is 14.5. The van der Waals surface area contributed by atoms with E-state index in [1.807, 2.05) is 11.6 Å². The van der Waals surface area contributed by atoms with Gasteiger partial charge in [-0.25, -0.2) is 0 Å².